The maximum atomic E-state index is 13.4. The van der Waals surface area contributed by atoms with Crippen LogP contribution < -0.4 is 5.43 Å². The van der Waals surface area contributed by atoms with E-state index in [-0.39, 0.29) is 55.0 Å². The standard InChI is InChI=1S/C23H26F5N3O2S/c1-12-21(34(2,29)33)20(32)8-19(31-12)17-11-30-18(14-9-22(24,25)10-14)7-16(17)13-3-5-15(6-4-13)23(26,27)28/h7-8,11,13-15,29H,3-6,9-10H2,1-2H3,(H,31,32)/t13-,15+,34-/m0/s1. The monoisotopic (exact) mass is 503 g/mol. The number of alkyl halides is 5. The molecule has 2 aliphatic rings. The molecule has 0 aliphatic heterocycles. The molecule has 0 spiro atoms. The summed E-state index contributed by atoms with van der Waals surface area (Å²) < 4.78 is 86.4. The van der Waals surface area contributed by atoms with E-state index in [0.29, 0.717) is 22.5 Å². The van der Waals surface area contributed by atoms with Crippen molar-refractivity contribution in [1.82, 2.24) is 9.97 Å². The number of aromatic amines is 1. The fourth-order valence-corrected chi connectivity index (χ4v) is 6.26. The highest BCUT2D eigenvalue weighted by atomic mass is 32.2. The molecule has 0 saturated heterocycles. The largest absolute Gasteiger partial charge is 0.391 e. The van der Waals surface area contributed by atoms with Crippen LogP contribution in [0.3, 0.4) is 0 Å². The molecule has 5 nitrogen and oxygen atoms in total. The molecular formula is C23H26F5N3O2S. The van der Waals surface area contributed by atoms with E-state index in [4.69, 9.17) is 4.78 Å². The van der Waals surface area contributed by atoms with E-state index >= 15 is 0 Å². The van der Waals surface area contributed by atoms with Gasteiger partial charge in [0.1, 0.15) is 4.90 Å². The van der Waals surface area contributed by atoms with Crippen molar-refractivity contribution < 1.29 is 26.2 Å². The highest BCUT2D eigenvalue weighted by Crippen LogP contribution is 2.50. The van der Waals surface area contributed by atoms with Crippen molar-refractivity contribution >= 4 is 9.73 Å². The SMILES string of the molecule is Cc1[nH]c(-c2cnc(C3CC(F)(F)C3)cc2[C@H]2CC[C@@H](C(F)(F)F)CC2)cc(=O)c1[S@@](C)(=N)=O. The second kappa shape index (κ2) is 8.42. The third kappa shape index (κ3) is 4.89. The van der Waals surface area contributed by atoms with E-state index in [9.17, 15) is 31.0 Å². The predicted octanol–water partition coefficient (Wildman–Crippen LogP) is 6.13. The smallest absolute Gasteiger partial charge is 0.357 e. The Morgan fingerprint density at radius 2 is 1.74 bits per heavy atom. The number of nitrogens with zero attached hydrogens (tertiary/aromatic N) is 1. The third-order valence-corrected chi connectivity index (χ3v) is 8.22. The van der Waals surface area contributed by atoms with Gasteiger partial charge in [-0.1, -0.05) is 0 Å². The van der Waals surface area contributed by atoms with Crippen LogP contribution in [0.2, 0.25) is 0 Å². The first-order valence-corrected chi connectivity index (χ1v) is 13.0. The minimum atomic E-state index is -4.25. The third-order valence-electron chi connectivity index (χ3n) is 6.94. The van der Waals surface area contributed by atoms with Gasteiger partial charge < -0.3 is 4.98 Å². The van der Waals surface area contributed by atoms with E-state index < -0.39 is 39.1 Å². The molecule has 4 rings (SSSR count). The molecule has 0 amide bonds. The summed E-state index contributed by atoms with van der Waals surface area (Å²) in [5.74, 6) is -4.77. The van der Waals surface area contributed by atoms with Gasteiger partial charge in [-0.05, 0) is 50.2 Å². The first-order chi connectivity index (χ1) is 15.7. The van der Waals surface area contributed by atoms with Gasteiger partial charge in [0.2, 0.25) is 5.92 Å². The summed E-state index contributed by atoms with van der Waals surface area (Å²) in [5, 5.41) is 0. The molecule has 11 heteroatoms. The zero-order chi connectivity index (χ0) is 25.1. The molecule has 186 valence electrons. The number of hydrogen-bond donors (Lipinski definition) is 2. The van der Waals surface area contributed by atoms with Gasteiger partial charge in [0.05, 0.1) is 21.3 Å². The Morgan fingerprint density at radius 1 is 1.12 bits per heavy atom. The predicted molar refractivity (Wildman–Crippen MR) is 118 cm³/mol. The lowest BCUT2D eigenvalue weighted by molar-refractivity contribution is -0.182. The Balaban J connectivity index is 1.75. The number of aryl methyl sites for hydroxylation is 1. The maximum absolute atomic E-state index is 13.4. The molecule has 2 aromatic rings. The molecule has 2 saturated carbocycles. The number of rotatable bonds is 4. The Bertz CT molecular complexity index is 1250. The van der Waals surface area contributed by atoms with Crippen LogP contribution in [0.4, 0.5) is 22.0 Å². The zero-order valence-corrected chi connectivity index (χ0v) is 19.6. The molecule has 0 unspecified atom stereocenters. The van der Waals surface area contributed by atoms with Crippen molar-refractivity contribution in [1.29, 1.82) is 4.78 Å². The fourth-order valence-electron chi connectivity index (χ4n) is 5.18. The lowest BCUT2D eigenvalue weighted by atomic mass is 9.75. The summed E-state index contributed by atoms with van der Waals surface area (Å²) in [7, 11) is -3.28. The Hall–Kier alpha value is -2.30. The van der Waals surface area contributed by atoms with E-state index in [1.54, 1.807) is 6.07 Å². The normalized spacial score (nSPS) is 24.9. The van der Waals surface area contributed by atoms with Crippen LogP contribution in [0.5, 0.6) is 0 Å². The molecule has 0 radical (unpaired) electrons. The molecule has 0 bridgehead atoms. The van der Waals surface area contributed by atoms with Crippen molar-refractivity contribution in [3.05, 3.63) is 45.5 Å². The summed E-state index contributed by atoms with van der Waals surface area (Å²) in [6.45, 7) is 1.53. The van der Waals surface area contributed by atoms with Crippen LogP contribution in [-0.4, -0.2) is 32.5 Å². The average Bonchev–Trinajstić information content (AvgIpc) is 2.69. The van der Waals surface area contributed by atoms with Crippen molar-refractivity contribution in [2.24, 2.45) is 5.92 Å². The van der Waals surface area contributed by atoms with Crippen molar-refractivity contribution in [2.75, 3.05) is 6.26 Å². The number of hydrogen-bond acceptors (Lipinski definition) is 4. The lowest BCUT2D eigenvalue weighted by Crippen LogP contribution is -2.34. The summed E-state index contributed by atoms with van der Waals surface area (Å²) in [4.78, 5) is 19.9. The molecule has 34 heavy (non-hydrogen) atoms. The summed E-state index contributed by atoms with van der Waals surface area (Å²) in [6.07, 6.45) is -1.77. The second-order valence-corrected chi connectivity index (χ2v) is 11.7. The van der Waals surface area contributed by atoms with E-state index in [1.165, 1.54) is 19.2 Å². The van der Waals surface area contributed by atoms with Crippen molar-refractivity contribution in [3.8, 4) is 11.3 Å². The van der Waals surface area contributed by atoms with E-state index in [0.717, 1.165) is 6.26 Å². The zero-order valence-electron chi connectivity index (χ0n) is 18.8. The second-order valence-electron chi connectivity index (χ2n) is 9.59. The van der Waals surface area contributed by atoms with Gasteiger partial charge in [0.15, 0.2) is 5.43 Å². The number of H-pyrrole nitrogens is 1. The summed E-state index contributed by atoms with van der Waals surface area (Å²) in [5.41, 5.74) is 1.68. The first kappa shape index (κ1) is 24.8. The molecule has 1 atom stereocenters. The summed E-state index contributed by atoms with van der Waals surface area (Å²) >= 11 is 0. The van der Waals surface area contributed by atoms with Gasteiger partial charge in [-0.15, -0.1) is 0 Å². The Labute approximate surface area is 194 Å². The van der Waals surface area contributed by atoms with Gasteiger partial charge in [-0.3, -0.25) is 9.78 Å². The number of halogens is 5. The van der Waals surface area contributed by atoms with Crippen LogP contribution in [0.1, 0.15) is 67.3 Å². The van der Waals surface area contributed by atoms with Crippen LogP contribution in [-0.2, 0) is 9.73 Å². The first-order valence-electron chi connectivity index (χ1n) is 11.1. The topological polar surface area (TPSA) is 86.7 Å². The van der Waals surface area contributed by atoms with Crippen LogP contribution in [0.15, 0.2) is 28.0 Å². The fraction of sp³-hybridized carbons (Fsp3) is 0.565. The van der Waals surface area contributed by atoms with Crippen LogP contribution in [0, 0.1) is 17.6 Å². The van der Waals surface area contributed by atoms with Gasteiger partial charge in [0.25, 0.3) is 0 Å². The van der Waals surface area contributed by atoms with Crippen molar-refractivity contribution in [2.45, 2.75) is 74.3 Å². The number of nitrogens with one attached hydrogen (secondary N) is 2. The summed E-state index contributed by atoms with van der Waals surface area (Å²) in [6, 6.07) is 2.92. The molecular weight excluding hydrogens is 477 g/mol. The van der Waals surface area contributed by atoms with Gasteiger partial charge in [-0.25, -0.2) is 17.8 Å². The van der Waals surface area contributed by atoms with Crippen LogP contribution in [0.25, 0.3) is 11.3 Å². The molecule has 0 aromatic carbocycles. The Morgan fingerprint density at radius 3 is 2.24 bits per heavy atom. The van der Waals surface area contributed by atoms with E-state index in [2.05, 4.69) is 9.97 Å². The minimum absolute atomic E-state index is 0.0298. The molecule has 2 fully saturated rings. The molecule has 2 aliphatic carbocycles. The van der Waals surface area contributed by atoms with E-state index in [1.807, 2.05) is 0 Å². The average molecular weight is 504 g/mol. The lowest BCUT2D eigenvalue weighted by Gasteiger charge is -2.35. The maximum Gasteiger partial charge on any atom is 0.391 e. The number of pyridine rings is 2. The molecule has 2 aromatic heterocycles. The van der Waals surface area contributed by atoms with Gasteiger partial charge >= 0.3 is 6.18 Å². The van der Waals surface area contributed by atoms with Crippen molar-refractivity contribution in [3.63, 3.8) is 0 Å². The highest BCUT2D eigenvalue weighted by molar-refractivity contribution is 7.91. The quantitative estimate of drug-likeness (QED) is 0.492. The molecule has 2 heterocycles. The van der Waals surface area contributed by atoms with Gasteiger partial charge in [0, 0.05) is 54.2 Å². The van der Waals surface area contributed by atoms with Crippen LogP contribution >= 0.6 is 0 Å². The Kier molecular flexibility index (Phi) is 6.15. The highest BCUT2D eigenvalue weighted by Gasteiger charge is 2.47. The molecule has 2 N–H and O–H groups in total. The number of aromatic nitrogens is 2. The van der Waals surface area contributed by atoms with Gasteiger partial charge in [-0.2, -0.15) is 13.2 Å². The minimum Gasteiger partial charge on any atom is -0.357 e.